The molecule has 0 bridgehead atoms. The summed E-state index contributed by atoms with van der Waals surface area (Å²) in [4.78, 5) is 37.0. The maximum absolute atomic E-state index is 13.5. The number of nitro benzene ring substituents is 1. The molecule has 0 spiro atoms. The lowest BCUT2D eigenvalue weighted by Gasteiger charge is -2.29. The summed E-state index contributed by atoms with van der Waals surface area (Å²) in [6, 6.07) is 19.2. The lowest BCUT2D eigenvalue weighted by atomic mass is 9.80. The average molecular weight is 608 g/mol. The van der Waals surface area contributed by atoms with E-state index >= 15 is 0 Å². The van der Waals surface area contributed by atoms with Crippen molar-refractivity contribution in [1.82, 2.24) is 5.32 Å². The van der Waals surface area contributed by atoms with E-state index in [1.807, 2.05) is 30.3 Å². The standard InChI is InChI=1S/C28H21IN2O6/c1-15-23(28(33)36-2)24(25-26(30-15)19-8-3-4-9-20(19)27(25)32)17-10-11-22(21(29)13-17)37-14-16-6-5-7-18(12-16)31(34)35/h3-13,24,30H,14H2,1-2H3/t24-/m1/s1. The number of dihydropyridines is 1. The molecule has 37 heavy (non-hydrogen) atoms. The Bertz CT molecular complexity index is 1540. The first-order chi connectivity index (χ1) is 17.8. The molecule has 3 aromatic carbocycles. The second-order valence-corrected chi connectivity index (χ2v) is 9.82. The summed E-state index contributed by atoms with van der Waals surface area (Å²) in [5, 5.41) is 14.3. The van der Waals surface area contributed by atoms with Crippen LogP contribution in [0.3, 0.4) is 0 Å². The topological polar surface area (TPSA) is 108 Å². The minimum absolute atomic E-state index is 0.000792. The van der Waals surface area contributed by atoms with Gasteiger partial charge in [-0.05, 0) is 52.8 Å². The number of allylic oxidation sites excluding steroid dienone is 2. The van der Waals surface area contributed by atoms with Crippen molar-refractivity contribution < 1.29 is 24.0 Å². The van der Waals surface area contributed by atoms with Gasteiger partial charge in [0, 0.05) is 40.4 Å². The van der Waals surface area contributed by atoms with Gasteiger partial charge in [0.05, 0.1) is 26.9 Å². The summed E-state index contributed by atoms with van der Waals surface area (Å²) in [5.41, 5.74) is 5.04. The molecule has 3 aromatic rings. The Morgan fingerprint density at radius 1 is 1.08 bits per heavy atom. The van der Waals surface area contributed by atoms with Crippen molar-refractivity contribution in [3.05, 3.63) is 120 Å². The molecule has 0 amide bonds. The number of esters is 1. The predicted molar refractivity (Wildman–Crippen MR) is 145 cm³/mol. The smallest absolute Gasteiger partial charge is 0.336 e. The van der Waals surface area contributed by atoms with Crippen LogP contribution >= 0.6 is 22.6 Å². The molecule has 1 heterocycles. The predicted octanol–water partition coefficient (Wildman–Crippen LogP) is 5.52. The third kappa shape index (κ3) is 4.39. The Kier molecular flexibility index (Phi) is 6.55. The Morgan fingerprint density at radius 3 is 2.54 bits per heavy atom. The van der Waals surface area contributed by atoms with Gasteiger partial charge in [-0.3, -0.25) is 14.9 Å². The summed E-state index contributed by atoms with van der Waals surface area (Å²) < 4.78 is 11.8. The first kappa shape index (κ1) is 24.7. The van der Waals surface area contributed by atoms with E-state index in [1.165, 1.54) is 19.2 Å². The number of nitrogens with one attached hydrogen (secondary N) is 1. The normalized spacial score (nSPS) is 16.2. The second kappa shape index (κ2) is 9.81. The molecule has 0 saturated carbocycles. The zero-order chi connectivity index (χ0) is 26.3. The van der Waals surface area contributed by atoms with Crippen LogP contribution in [0.15, 0.2) is 83.6 Å². The summed E-state index contributed by atoms with van der Waals surface area (Å²) in [7, 11) is 1.32. The monoisotopic (exact) mass is 608 g/mol. The third-order valence-corrected chi connectivity index (χ3v) is 7.30. The van der Waals surface area contributed by atoms with E-state index in [0.717, 1.165) is 14.7 Å². The first-order valence-corrected chi connectivity index (χ1v) is 12.5. The SMILES string of the molecule is COC(=O)C1=C(C)NC2=C(C(=O)c3ccccc32)[C@@H]1c1ccc(OCc2cccc([N+](=O)[O-])c2)c(I)c1. The molecule has 2 aliphatic rings. The number of hydrogen-bond donors (Lipinski definition) is 1. The second-order valence-electron chi connectivity index (χ2n) is 8.66. The number of ketones is 1. The number of non-ortho nitro benzene ring substituents is 1. The largest absolute Gasteiger partial charge is 0.488 e. The number of benzene rings is 3. The Morgan fingerprint density at radius 2 is 1.84 bits per heavy atom. The van der Waals surface area contributed by atoms with E-state index in [-0.39, 0.29) is 18.1 Å². The fourth-order valence-electron chi connectivity index (χ4n) is 4.78. The molecule has 9 heteroatoms. The number of Topliss-reactive ketones (excluding diaryl/α,β-unsaturated/α-hetero) is 1. The Labute approximate surface area is 226 Å². The van der Waals surface area contributed by atoms with Gasteiger partial charge >= 0.3 is 5.97 Å². The maximum atomic E-state index is 13.5. The molecule has 0 unspecified atom stereocenters. The number of hydrogen-bond acceptors (Lipinski definition) is 7. The lowest BCUT2D eigenvalue weighted by molar-refractivity contribution is -0.384. The van der Waals surface area contributed by atoms with Gasteiger partial charge < -0.3 is 14.8 Å². The molecule has 0 aromatic heterocycles. The molecule has 5 rings (SSSR count). The van der Waals surface area contributed by atoms with Crippen molar-refractivity contribution in [2.24, 2.45) is 0 Å². The van der Waals surface area contributed by atoms with Crippen molar-refractivity contribution in [2.45, 2.75) is 19.4 Å². The van der Waals surface area contributed by atoms with Gasteiger partial charge in [-0.2, -0.15) is 0 Å². The van der Waals surface area contributed by atoms with E-state index in [4.69, 9.17) is 9.47 Å². The highest BCUT2D eigenvalue weighted by atomic mass is 127. The molecule has 0 fully saturated rings. The van der Waals surface area contributed by atoms with E-state index < -0.39 is 16.8 Å². The quantitative estimate of drug-likeness (QED) is 0.170. The molecular formula is C28H21IN2O6. The fraction of sp³-hybridized carbons (Fsp3) is 0.143. The van der Waals surface area contributed by atoms with Gasteiger partial charge in [-0.15, -0.1) is 0 Å². The lowest BCUT2D eigenvalue weighted by Crippen LogP contribution is -2.29. The summed E-state index contributed by atoms with van der Waals surface area (Å²) in [5.74, 6) is -0.674. The minimum atomic E-state index is -0.622. The van der Waals surface area contributed by atoms with E-state index in [1.54, 1.807) is 31.2 Å². The number of ether oxygens (including phenoxy) is 2. The minimum Gasteiger partial charge on any atom is -0.488 e. The molecule has 1 N–H and O–H groups in total. The first-order valence-electron chi connectivity index (χ1n) is 11.4. The fourth-order valence-corrected chi connectivity index (χ4v) is 5.47. The highest BCUT2D eigenvalue weighted by molar-refractivity contribution is 14.1. The van der Waals surface area contributed by atoms with Gasteiger partial charge in [0.25, 0.3) is 5.69 Å². The maximum Gasteiger partial charge on any atom is 0.336 e. The van der Waals surface area contributed by atoms with Crippen LogP contribution in [0, 0.1) is 13.7 Å². The van der Waals surface area contributed by atoms with E-state index in [9.17, 15) is 19.7 Å². The number of nitro groups is 1. The number of carbonyl (C=O) groups is 2. The van der Waals surface area contributed by atoms with E-state index in [2.05, 4.69) is 27.9 Å². The van der Waals surface area contributed by atoms with Gasteiger partial charge in [-0.1, -0.05) is 42.5 Å². The summed E-state index contributed by atoms with van der Waals surface area (Å²) in [6.45, 7) is 1.95. The number of methoxy groups -OCH3 is 1. The van der Waals surface area contributed by atoms with Gasteiger partial charge in [0.1, 0.15) is 12.4 Å². The van der Waals surface area contributed by atoms with Crippen molar-refractivity contribution in [3.63, 3.8) is 0 Å². The van der Waals surface area contributed by atoms with Crippen LogP contribution in [0.2, 0.25) is 0 Å². The number of nitrogens with zero attached hydrogens (tertiary/aromatic N) is 1. The van der Waals surface area contributed by atoms with Crippen LogP contribution in [-0.4, -0.2) is 23.8 Å². The number of carbonyl (C=O) groups excluding carboxylic acids is 2. The number of rotatable bonds is 6. The number of halogens is 1. The molecule has 8 nitrogen and oxygen atoms in total. The molecule has 1 aliphatic heterocycles. The van der Waals surface area contributed by atoms with Gasteiger partial charge in [0.2, 0.25) is 0 Å². The molecule has 1 aliphatic carbocycles. The molecule has 0 radical (unpaired) electrons. The molecule has 1 atom stereocenters. The third-order valence-electron chi connectivity index (χ3n) is 6.46. The van der Waals surface area contributed by atoms with Crippen LogP contribution in [0.4, 0.5) is 5.69 Å². The summed E-state index contributed by atoms with van der Waals surface area (Å²) >= 11 is 2.14. The molecule has 0 saturated heterocycles. The van der Waals surface area contributed by atoms with Crippen molar-refractivity contribution in [1.29, 1.82) is 0 Å². The molecule has 186 valence electrons. The summed E-state index contributed by atoms with van der Waals surface area (Å²) in [6.07, 6.45) is 0. The Balaban J connectivity index is 1.51. The molecular weight excluding hydrogens is 587 g/mol. The van der Waals surface area contributed by atoms with Crippen molar-refractivity contribution in [3.8, 4) is 5.75 Å². The van der Waals surface area contributed by atoms with Gasteiger partial charge in [0.15, 0.2) is 5.78 Å². The van der Waals surface area contributed by atoms with Crippen molar-refractivity contribution >= 4 is 45.7 Å². The van der Waals surface area contributed by atoms with Crippen molar-refractivity contribution in [2.75, 3.05) is 7.11 Å². The Hall–Kier alpha value is -3.99. The zero-order valence-corrected chi connectivity index (χ0v) is 22.1. The zero-order valence-electron chi connectivity index (χ0n) is 19.9. The van der Waals surface area contributed by atoms with E-state index in [0.29, 0.717) is 39.4 Å². The average Bonchev–Trinajstić information content (AvgIpc) is 3.18. The van der Waals surface area contributed by atoms with Gasteiger partial charge in [-0.25, -0.2) is 4.79 Å². The van der Waals surface area contributed by atoms with Crippen LogP contribution < -0.4 is 10.1 Å². The van der Waals surface area contributed by atoms with Crippen LogP contribution in [0.5, 0.6) is 5.75 Å². The highest BCUT2D eigenvalue weighted by Crippen LogP contribution is 2.47. The number of fused-ring (bicyclic) bond motifs is 2. The van der Waals surface area contributed by atoms with Crippen LogP contribution in [0.1, 0.15) is 39.9 Å². The highest BCUT2D eigenvalue weighted by Gasteiger charge is 2.42. The van der Waals surface area contributed by atoms with Crippen LogP contribution in [-0.2, 0) is 16.1 Å². The van der Waals surface area contributed by atoms with Crippen LogP contribution in [0.25, 0.3) is 5.70 Å².